The monoisotopic (exact) mass is 133 g/mol. The van der Waals surface area contributed by atoms with Crippen LogP contribution in [-0.4, -0.2) is 35.9 Å². The van der Waals surface area contributed by atoms with Gasteiger partial charge in [0.1, 0.15) is 0 Å². The molecule has 0 bridgehead atoms. The number of nitrogens with one attached hydrogen (secondary N) is 1. The van der Waals surface area contributed by atoms with E-state index in [1.54, 1.807) is 7.05 Å². The minimum Gasteiger partial charge on any atom is -0.481 e. The van der Waals surface area contributed by atoms with Crippen LogP contribution in [0.3, 0.4) is 0 Å². The van der Waals surface area contributed by atoms with E-state index in [-0.39, 0.29) is 19.1 Å². The number of rotatable bonds is 4. The maximum atomic E-state index is 9.98. The number of carboxylic acids is 1. The number of hydrogen-bond donors (Lipinski definition) is 3. The zero-order valence-electron chi connectivity index (χ0n) is 5.29. The Morgan fingerprint density at radius 2 is 2.33 bits per heavy atom. The fourth-order valence-electron chi connectivity index (χ4n) is 0.469. The largest absolute Gasteiger partial charge is 0.481 e. The highest BCUT2D eigenvalue weighted by Gasteiger charge is 2.07. The summed E-state index contributed by atoms with van der Waals surface area (Å²) in [6.45, 7) is -0.136. The van der Waals surface area contributed by atoms with E-state index < -0.39 is 5.97 Å². The zero-order chi connectivity index (χ0) is 7.28. The van der Waals surface area contributed by atoms with Gasteiger partial charge in [0.05, 0.1) is 13.0 Å². The first-order valence-corrected chi connectivity index (χ1v) is 2.70. The maximum Gasteiger partial charge on any atom is 0.305 e. The molecule has 0 heterocycles. The lowest BCUT2D eigenvalue weighted by Gasteiger charge is -2.07. The van der Waals surface area contributed by atoms with Crippen molar-refractivity contribution < 1.29 is 15.0 Å². The van der Waals surface area contributed by atoms with Gasteiger partial charge in [-0.25, -0.2) is 0 Å². The van der Waals surface area contributed by atoms with Gasteiger partial charge in [0.2, 0.25) is 0 Å². The Balaban J connectivity index is 3.43. The summed E-state index contributed by atoms with van der Waals surface area (Å²) in [7, 11) is 1.61. The molecule has 0 spiro atoms. The molecular weight excluding hydrogens is 122 g/mol. The molecule has 0 saturated heterocycles. The number of hydrogen-bond acceptors (Lipinski definition) is 3. The van der Waals surface area contributed by atoms with Gasteiger partial charge < -0.3 is 15.5 Å². The number of aliphatic carboxylic acids is 1. The molecule has 0 aromatic carbocycles. The smallest absolute Gasteiger partial charge is 0.305 e. The van der Waals surface area contributed by atoms with E-state index in [1.165, 1.54) is 0 Å². The molecule has 9 heavy (non-hydrogen) atoms. The van der Waals surface area contributed by atoms with Crippen molar-refractivity contribution in [1.82, 2.24) is 5.32 Å². The fraction of sp³-hybridized carbons (Fsp3) is 0.800. The van der Waals surface area contributed by atoms with Crippen molar-refractivity contribution in [2.24, 2.45) is 0 Å². The molecule has 0 rings (SSSR count). The Bertz CT molecular complexity index is 90.2. The van der Waals surface area contributed by atoms with Crippen molar-refractivity contribution >= 4 is 5.97 Å². The number of carbonyl (C=O) groups is 1. The first-order chi connectivity index (χ1) is 4.20. The molecule has 1 unspecified atom stereocenters. The van der Waals surface area contributed by atoms with Crippen LogP contribution in [-0.2, 0) is 4.79 Å². The topological polar surface area (TPSA) is 69.6 Å². The summed E-state index contributed by atoms with van der Waals surface area (Å²) in [5.41, 5.74) is 0. The van der Waals surface area contributed by atoms with Crippen LogP contribution in [0.4, 0.5) is 0 Å². The van der Waals surface area contributed by atoms with Crippen molar-refractivity contribution in [2.45, 2.75) is 12.5 Å². The summed E-state index contributed by atoms with van der Waals surface area (Å²) >= 11 is 0. The SMILES string of the molecule is CNC(CO)CC(=O)O. The average molecular weight is 133 g/mol. The van der Waals surface area contributed by atoms with Crippen LogP contribution in [0.1, 0.15) is 6.42 Å². The highest BCUT2D eigenvalue weighted by atomic mass is 16.4. The van der Waals surface area contributed by atoms with Gasteiger partial charge in [-0.2, -0.15) is 0 Å². The second-order valence-electron chi connectivity index (χ2n) is 1.77. The standard InChI is InChI=1S/C5H11NO3/c1-6-4(3-7)2-5(8)9/h4,6-7H,2-3H2,1H3,(H,8,9). The Labute approximate surface area is 53.5 Å². The quantitative estimate of drug-likeness (QED) is 0.462. The highest BCUT2D eigenvalue weighted by Crippen LogP contribution is 1.87. The molecule has 54 valence electrons. The normalized spacial score (nSPS) is 13.1. The van der Waals surface area contributed by atoms with Gasteiger partial charge in [0, 0.05) is 6.04 Å². The second-order valence-corrected chi connectivity index (χ2v) is 1.77. The van der Waals surface area contributed by atoms with Gasteiger partial charge >= 0.3 is 5.97 Å². The lowest BCUT2D eigenvalue weighted by atomic mass is 10.2. The van der Waals surface area contributed by atoms with Crippen LogP contribution in [0.15, 0.2) is 0 Å². The third kappa shape index (κ3) is 3.93. The summed E-state index contributed by atoms with van der Waals surface area (Å²) in [4.78, 5) is 9.98. The van der Waals surface area contributed by atoms with Crippen LogP contribution in [0.5, 0.6) is 0 Å². The summed E-state index contributed by atoms with van der Waals surface area (Å²) in [5, 5.41) is 19.3. The third-order valence-electron chi connectivity index (χ3n) is 1.05. The van der Waals surface area contributed by atoms with E-state index in [1.807, 2.05) is 0 Å². The fourth-order valence-corrected chi connectivity index (χ4v) is 0.469. The van der Waals surface area contributed by atoms with Gasteiger partial charge in [0.25, 0.3) is 0 Å². The second kappa shape index (κ2) is 4.29. The third-order valence-corrected chi connectivity index (χ3v) is 1.05. The van der Waals surface area contributed by atoms with Crippen LogP contribution < -0.4 is 5.32 Å². The van der Waals surface area contributed by atoms with Gasteiger partial charge in [-0.3, -0.25) is 4.79 Å². The van der Waals surface area contributed by atoms with Gasteiger partial charge in [-0.1, -0.05) is 0 Å². The van der Waals surface area contributed by atoms with E-state index in [0.717, 1.165) is 0 Å². The van der Waals surface area contributed by atoms with Gasteiger partial charge in [-0.05, 0) is 7.05 Å². The Morgan fingerprint density at radius 3 is 2.44 bits per heavy atom. The van der Waals surface area contributed by atoms with Crippen molar-refractivity contribution in [3.63, 3.8) is 0 Å². The molecule has 0 fully saturated rings. The lowest BCUT2D eigenvalue weighted by Crippen LogP contribution is -2.31. The molecule has 4 nitrogen and oxygen atoms in total. The molecule has 0 saturated carbocycles. The van der Waals surface area contributed by atoms with Crippen LogP contribution >= 0.6 is 0 Å². The Hall–Kier alpha value is -0.610. The van der Waals surface area contributed by atoms with E-state index in [0.29, 0.717) is 0 Å². The van der Waals surface area contributed by atoms with Crippen LogP contribution in [0.2, 0.25) is 0 Å². The van der Waals surface area contributed by atoms with Gasteiger partial charge in [0.15, 0.2) is 0 Å². The minimum atomic E-state index is -0.900. The van der Waals surface area contributed by atoms with E-state index >= 15 is 0 Å². The molecule has 4 heteroatoms. The Morgan fingerprint density at radius 1 is 1.78 bits per heavy atom. The van der Waals surface area contributed by atoms with Crippen molar-refractivity contribution in [2.75, 3.05) is 13.7 Å². The molecule has 0 aromatic heterocycles. The predicted octanol–water partition coefficient (Wildman–Crippen LogP) is -0.959. The lowest BCUT2D eigenvalue weighted by molar-refractivity contribution is -0.137. The highest BCUT2D eigenvalue weighted by molar-refractivity contribution is 5.67. The summed E-state index contributed by atoms with van der Waals surface area (Å²) in [6, 6.07) is -0.317. The molecule has 0 aromatic rings. The van der Waals surface area contributed by atoms with Gasteiger partial charge in [-0.15, -0.1) is 0 Å². The number of aliphatic hydroxyl groups excluding tert-OH is 1. The van der Waals surface area contributed by atoms with E-state index in [9.17, 15) is 4.79 Å². The molecule has 1 atom stereocenters. The molecule has 0 aliphatic heterocycles. The first kappa shape index (κ1) is 8.39. The van der Waals surface area contributed by atoms with E-state index in [2.05, 4.69) is 5.32 Å². The average Bonchev–Trinajstić information content (AvgIpc) is 1.82. The van der Waals surface area contributed by atoms with Crippen LogP contribution in [0.25, 0.3) is 0 Å². The van der Waals surface area contributed by atoms with Crippen LogP contribution in [0, 0.1) is 0 Å². The number of likely N-dealkylation sites (N-methyl/N-ethyl adjacent to an activating group) is 1. The van der Waals surface area contributed by atoms with Crippen molar-refractivity contribution in [3.8, 4) is 0 Å². The zero-order valence-corrected chi connectivity index (χ0v) is 5.29. The number of carboxylic acid groups (broad SMARTS) is 1. The van der Waals surface area contributed by atoms with Crippen molar-refractivity contribution in [3.05, 3.63) is 0 Å². The summed E-state index contributed by atoms with van der Waals surface area (Å²) in [5.74, 6) is -0.900. The molecule has 0 amide bonds. The minimum absolute atomic E-state index is 0.0347. The first-order valence-electron chi connectivity index (χ1n) is 2.70. The predicted molar refractivity (Wildman–Crippen MR) is 32.2 cm³/mol. The molecule has 0 radical (unpaired) electrons. The Kier molecular flexibility index (Phi) is 4.00. The molecular formula is C5H11NO3. The summed E-state index contributed by atoms with van der Waals surface area (Å²) in [6.07, 6.45) is -0.0347. The molecule has 0 aliphatic carbocycles. The summed E-state index contributed by atoms with van der Waals surface area (Å²) < 4.78 is 0. The maximum absolute atomic E-state index is 9.98. The van der Waals surface area contributed by atoms with Crippen molar-refractivity contribution in [1.29, 1.82) is 0 Å². The van der Waals surface area contributed by atoms with E-state index in [4.69, 9.17) is 10.2 Å². The molecule has 0 aliphatic rings. The molecule has 3 N–H and O–H groups in total. The number of aliphatic hydroxyl groups is 1.